The van der Waals surface area contributed by atoms with Crippen LogP contribution in [0.5, 0.6) is 0 Å². The highest BCUT2D eigenvalue weighted by atomic mass is 16.2. The van der Waals surface area contributed by atoms with Crippen LogP contribution in [-0.2, 0) is 9.59 Å². The molecule has 0 spiro atoms. The summed E-state index contributed by atoms with van der Waals surface area (Å²) in [4.78, 5) is 45.5. The van der Waals surface area contributed by atoms with Gasteiger partial charge in [-0.15, -0.1) is 0 Å². The number of carbonyl (C=O) groups excluding carboxylic acids is 3. The van der Waals surface area contributed by atoms with E-state index in [2.05, 4.69) is 25.9 Å². The van der Waals surface area contributed by atoms with Crippen LogP contribution in [0, 0.1) is 6.92 Å². The summed E-state index contributed by atoms with van der Waals surface area (Å²) in [5.74, 6) is -0.218. The maximum atomic E-state index is 11.8. The molecule has 134 valence electrons. The first-order valence-corrected chi connectivity index (χ1v) is 8.38. The first-order chi connectivity index (χ1) is 12.0. The Morgan fingerprint density at radius 2 is 2.00 bits per heavy atom. The molecule has 0 aliphatic carbocycles. The van der Waals surface area contributed by atoms with Crippen molar-refractivity contribution in [2.45, 2.75) is 38.3 Å². The summed E-state index contributed by atoms with van der Waals surface area (Å²) in [6, 6.07) is 1.46. The molecule has 1 atom stereocenters. The van der Waals surface area contributed by atoms with E-state index in [0.717, 1.165) is 31.6 Å². The number of nitrogens with one attached hydrogen (secondary N) is 3. The number of aryl methyl sites for hydroxylation is 1. The number of rotatable bonds is 4. The van der Waals surface area contributed by atoms with Crippen LogP contribution in [0.3, 0.4) is 0 Å². The second-order valence-corrected chi connectivity index (χ2v) is 6.38. The van der Waals surface area contributed by atoms with Crippen molar-refractivity contribution >= 4 is 23.7 Å². The molecule has 0 bridgehead atoms. The zero-order valence-electron chi connectivity index (χ0n) is 14.3. The summed E-state index contributed by atoms with van der Waals surface area (Å²) >= 11 is 0. The quantitative estimate of drug-likeness (QED) is 0.626. The maximum absolute atomic E-state index is 11.8. The SMILES string of the molecule is CNC(=O)c1cc(C)nc(NC2CCN(C3CC(=O)NC3=O)CC2)n1. The molecule has 1 unspecified atom stereocenters. The van der Waals surface area contributed by atoms with Gasteiger partial charge in [-0.25, -0.2) is 9.97 Å². The van der Waals surface area contributed by atoms with Crippen molar-refractivity contribution in [2.24, 2.45) is 0 Å². The molecule has 0 saturated carbocycles. The molecular formula is C16H22N6O3. The van der Waals surface area contributed by atoms with Crippen LogP contribution in [0.15, 0.2) is 6.07 Å². The van der Waals surface area contributed by atoms with E-state index in [1.54, 1.807) is 13.1 Å². The van der Waals surface area contributed by atoms with E-state index in [4.69, 9.17) is 0 Å². The zero-order chi connectivity index (χ0) is 18.0. The minimum Gasteiger partial charge on any atom is -0.354 e. The molecular weight excluding hydrogens is 324 g/mol. The predicted molar refractivity (Wildman–Crippen MR) is 89.9 cm³/mol. The predicted octanol–water partition coefficient (Wildman–Crippen LogP) is -0.564. The van der Waals surface area contributed by atoms with Gasteiger partial charge < -0.3 is 10.6 Å². The third-order valence-electron chi connectivity index (χ3n) is 4.56. The number of carbonyl (C=O) groups is 3. The van der Waals surface area contributed by atoms with Gasteiger partial charge in [-0.2, -0.15) is 0 Å². The highest BCUT2D eigenvalue weighted by Gasteiger charge is 2.36. The molecule has 9 heteroatoms. The van der Waals surface area contributed by atoms with Crippen molar-refractivity contribution in [3.05, 3.63) is 17.5 Å². The molecule has 2 fully saturated rings. The van der Waals surface area contributed by atoms with Crippen LogP contribution in [-0.4, -0.2) is 64.8 Å². The molecule has 0 radical (unpaired) electrons. The van der Waals surface area contributed by atoms with Crippen molar-refractivity contribution < 1.29 is 14.4 Å². The fraction of sp³-hybridized carbons (Fsp3) is 0.562. The summed E-state index contributed by atoms with van der Waals surface area (Å²) in [7, 11) is 1.56. The largest absolute Gasteiger partial charge is 0.354 e. The molecule has 2 saturated heterocycles. The van der Waals surface area contributed by atoms with Gasteiger partial charge in [0.25, 0.3) is 5.91 Å². The molecule has 3 heterocycles. The summed E-state index contributed by atoms with van der Waals surface area (Å²) < 4.78 is 0. The Morgan fingerprint density at radius 1 is 1.28 bits per heavy atom. The molecule has 3 N–H and O–H groups in total. The average Bonchev–Trinajstić information content (AvgIpc) is 2.92. The number of anilines is 1. The number of amides is 3. The maximum Gasteiger partial charge on any atom is 0.269 e. The number of nitrogens with zero attached hydrogens (tertiary/aromatic N) is 3. The second-order valence-electron chi connectivity index (χ2n) is 6.38. The molecule has 2 aliphatic rings. The van der Waals surface area contributed by atoms with Gasteiger partial charge in [0.05, 0.1) is 12.5 Å². The van der Waals surface area contributed by atoms with Crippen LogP contribution < -0.4 is 16.0 Å². The molecule has 1 aromatic rings. The highest BCUT2D eigenvalue weighted by Crippen LogP contribution is 2.20. The van der Waals surface area contributed by atoms with Gasteiger partial charge in [0.2, 0.25) is 17.8 Å². The number of aromatic nitrogens is 2. The Kier molecular flexibility index (Phi) is 4.93. The van der Waals surface area contributed by atoms with Gasteiger partial charge in [0, 0.05) is 31.9 Å². The van der Waals surface area contributed by atoms with Crippen LogP contribution in [0.25, 0.3) is 0 Å². The topological polar surface area (TPSA) is 116 Å². The molecule has 9 nitrogen and oxygen atoms in total. The van der Waals surface area contributed by atoms with Crippen LogP contribution in [0.4, 0.5) is 5.95 Å². The zero-order valence-corrected chi connectivity index (χ0v) is 14.3. The number of hydrogen-bond donors (Lipinski definition) is 3. The normalized spacial score (nSPS) is 21.9. The lowest BCUT2D eigenvalue weighted by Gasteiger charge is -2.34. The lowest BCUT2D eigenvalue weighted by Crippen LogP contribution is -2.47. The van der Waals surface area contributed by atoms with Crippen molar-refractivity contribution in [2.75, 3.05) is 25.5 Å². The van der Waals surface area contributed by atoms with E-state index in [-0.39, 0.29) is 36.2 Å². The number of piperidine rings is 1. The van der Waals surface area contributed by atoms with E-state index < -0.39 is 0 Å². The molecule has 25 heavy (non-hydrogen) atoms. The van der Waals surface area contributed by atoms with Crippen molar-refractivity contribution in [3.8, 4) is 0 Å². The average molecular weight is 346 g/mol. The molecule has 3 rings (SSSR count). The molecule has 2 aliphatic heterocycles. The number of imide groups is 1. The minimum absolute atomic E-state index is 0.163. The van der Waals surface area contributed by atoms with Crippen molar-refractivity contribution in [3.63, 3.8) is 0 Å². The molecule has 0 aromatic carbocycles. The molecule has 3 amide bonds. The third kappa shape index (κ3) is 3.93. The van der Waals surface area contributed by atoms with Gasteiger partial charge >= 0.3 is 0 Å². The monoisotopic (exact) mass is 346 g/mol. The Hall–Kier alpha value is -2.55. The minimum atomic E-state index is -0.344. The lowest BCUT2D eigenvalue weighted by molar-refractivity contribution is -0.126. The van der Waals surface area contributed by atoms with E-state index in [1.807, 2.05) is 11.8 Å². The third-order valence-corrected chi connectivity index (χ3v) is 4.56. The number of likely N-dealkylation sites (tertiary alicyclic amines) is 1. The molecule has 1 aromatic heterocycles. The summed E-state index contributed by atoms with van der Waals surface area (Å²) in [5, 5.41) is 8.18. The van der Waals surface area contributed by atoms with Gasteiger partial charge in [0.1, 0.15) is 5.69 Å². The smallest absolute Gasteiger partial charge is 0.269 e. The van der Waals surface area contributed by atoms with Gasteiger partial charge in [-0.05, 0) is 25.8 Å². The summed E-state index contributed by atoms with van der Waals surface area (Å²) in [6.45, 7) is 3.26. The standard InChI is InChI=1S/C16H22N6O3/c1-9-7-11(14(24)17-2)20-16(18-9)19-10-3-5-22(6-4-10)12-8-13(23)21-15(12)25/h7,10,12H,3-6,8H2,1-2H3,(H,17,24)(H,18,19,20)(H,21,23,25). The lowest BCUT2D eigenvalue weighted by atomic mass is 10.0. The Morgan fingerprint density at radius 3 is 2.60 bits per heavy atom. The van der Waals surface area contributed by atoms with E-state index >= 15 is 0 Å². The fourth-order valence-electron chi connectivity index (χ4n) is 3.25. The van der Waals surface area contributed by atoms with E-state index in [9.17, 15) is 14.4 Å². The van der Waals surface area contributed by atoms with Crippen molar-refractivity contribution in [1.82, 2.24) is 25.5 Å². The fourth-order valence-corrected chi connectivity index (χ4v) is 3.25. The van der Waals surface area contributed by atoms with E-state index in [0.29, 0.717) is 11.6 Å². The summed E-state index contributed by atoms with van der Waals surface area (Å²) in [5.41, 5.74) is 1.05. The first kappa shape index (κ1) is 17.3. The summed E-state index contributed by atoms with van der Waals surface area (Å²) in [6.07, 6.45) is 1.86. The highest BCUT2D eigenvalue weighted by molar-refractivity contribution is 6.05. The van der Waals surface area contributed by atoms with Gasteiger partial charge in [-0.1, -0.05) is 0 Å². The number of hydrogen-bond acceptors (Lipinski definition) is 7. The van der Waals surface area contributed by atoms with Crippen LogP contribution in [0.2, 0.25) is 0 Å². The van der Waals surface area contributed by atoms with Crippen molar-refractivity contribution in [1.29, 1.82) is 0 Å². The first-order valence-electron chi connectivity index (χ1n) is 8.38. The van der Waals surface area contributed by atoms with Gasteiger partial charge in [-0.3, -0.25) is 24.6 Å². The Labute approximate surface area is 145 Å². The van der Waals surface area contributed by atoms with E-state index in [1.165, 1.54) is 0 Å². The van der Waals surface area contributed by atoms with Crippen LogP contribution in [0.1, 0.15) is 35.4 Å². The Balaban J connectivity index is 1.59. The van der Waals surface area contributed by atoms with Gasteiger partial charge in [0.15, 0.2) is 0 Å². The Bertz CT molecular complexity index is 699. The second kappa shape index (κ2) is 7.14. The van der Waals surface area contributed by atoms with Crippen LogP contribution >= 0.6 is 0 Å².